The molecule has 0 unspecified atom stereocenters. The number of sulfonamides is 1. The second-order valence-corrected chi connectivity index (χ2v) is 8.86. The number of hydrogen-bond donors (Lipinski definition) is 1. The fourth-order valence-electron chi connectivity index (χ4n) is 2.89. The fourth-order valence-corrected chi connectivity index (χ4v) is 4.57. The van der Waals surface area contributed by atoms with Crippen LogP contribution in [0.2, 0.25) is 0 Å². The van der Waals surface area contributed by atoms with Crippen LogP contribution in [-0.2, 0) is 26.1 Å². The van der Waals surface area contributed by atoms with E-state index in [1.54, 1.807) is 24.3 Å². The third-order valence-corrected chi connectivity index (χ3v) is 6.28. The number of nitrogens with zero attached hydrogens (tertiary/aromatic N) is 2. The Morgan fingerprint density at radius 3 is 2.67 bits per heavy atom. The molecule has 30 heavy (non-hydrogen) atoms. The molecule has 0 saturated heterocycles. The van der Waals surface area contributed by atoms with Gasteiger partial charge >= 0.3 is 11.9 Å². The van der Waals surface area contributed by atoms with Crippen molar-refractivity contribution < 1.29 is 27.2 Å². The van der Waals surface area contributed by atoms with Crippen molar-refractivity contribution in [2.45, 2.75) is 11.4 Å². The van der Waals surface area contributed by atoms with E-state index < -0.39 is 21.9 Å². The van der Waals surface area contributed by atoms with Crippen molar-refractivity contribution in [1.29, 1.82) is 0 Å². The third-order valence-electron chi connectivity index (χ3n) is 4.33. The number of nitrogens with two attached hydrogens (primary N) is 1. The molecule has 0 spiro atoms. The number of methoxy groups -OCH3 is 1. The number of esters is 1. The SMILES string of the molecule is COC(=O)Cn1c(=NC(=O)c2cc3ccccc3o2)sc2cc(S(N)(=O)=O)ccc21. The van der Waals surface area contributed by atoms with Gasteiger partial charge in [-0.15, -0.1) is 0 Å². The number of thiazole rings is 1. The summed E-state index contributed by atoms with van der Waals surface area (Å²) < 4.78 is 35.5. The van der Waals surface area contributed by atoms with Gasteiger partial charge in [0.15, 0.2) is 10.6 Å². The predicted octanol–water partition coefficient (Wildman–Crippen LogP) is 2.01. The maximum Gasteiger partial charge on any atom is 0.325 e. The highest BCUT2D eigenvalue weighted by atomic mass is 32.2. The summed E-state index contributed by atoms with van der Waals surface area (Å²) in [6, 6.07) is 12.9. The summed E-state index contributed by atoms with van der Waals surface area (Å²) in [7, 11) is -2.67. The largest absolute Gasteiger partial charge is 0.468 e. The highest BCUT2D eigenvalue weighted by Gasteiger charge is 2.17. The lowest BCUT2D eigenvalue weighted by atomic mass is 10.2. The number of rotatable bonds is 4. The van der Waals surface area contributed by atoms with E-state index in [-0.39, 0.29) is 22.0 Å². The van der Waals surface area contributed by atoms with E-state index in [9.17, 15) is 18.0 Å². The molecule has 9 nitrogen and oxygen atoms in total. The van der Waals surface area contributed by atoms with Gasteiger partial charge in [0.05, 0.1) is 22.2 Å². The van der Waals surface area contributed by atoms with E-state index in [1.807, 2.05) is 6.07 Å². The number of fused-ring (bicyclic) bond motifs is 2. The molecule has 154 valence electrons. The summed E-state index contributed by atoms with van der Waals surface area (Å²) >= 11 is 1.04. The first-order valence-electron chi connectivity index (χ1n) is 8.57. The molecule has 11 heteroatoms. The number of aromatic nitrogens is 1. The molecule has 0 aliphatic carbocycles. The third kappa shape index (κ3) is 3.77. The lowest BCUT2D eigenvalue weighted by Crippen LogP contribution is -2.22. The Hall–Kier alpha value is -3.28. The van der Waals surface area contributed by atoms with Crippen LogP contribution >= 0.6 is 11.3 Å². The molecule has 2 aromatic heterocycles. The number of ether oxygens (including phenoxy) is 1. The van der Waals surface area contributed by atoms with E-state index in [0.717, 1.165) is 16.7 Å². The van der Waals surface area contributed by atoms with Crippen LogP contribution in [0.5, 0.6) is 0 Å². The molecule has 2 aromatic carbocycles. The number of benzene rings is 2. The van der Waals surface area contributed by atoms with Crippen LogP contribution in [0.3, 0.4) is 0 Å². The topological polar surface area (TPSA) is 134 Å². The van der Waals surface area contributed by atoms with Crippen LogP contribution in [0.1, 0.15) is 10.6 Å². The maximum atomic E-state index is 12.7. The molecule has 0 saturated carbocycles. The Labute approximate surface area is 174 Å². The molecule has 4 aromatic rings. The summed E-state index contributed by atoms with van der Waals surface area (Å²) in [6.07, 6.45) is 0. The van der Waals surface area contributed by atoms with Crippen molar-refractivity contribution in [2.75, 3.05) is 7.11 Å². The van der Waals surface area contributed by atoms with Gasteiger partial charge in [0, 0.05) is 5.39 Å². The zero-order valence-corrected chi connectivity index (χ0v) is 17.2. The minimum absolute atomic E-state index is 0.0449. The number of furan rings is 1. The van der Waals surface area contributed by atoms with Gasteiger partial charge in [-0.3, -0.25) is 9.59 Å². The highest BCUT2D eigenvalue weighted by Crippen LogP contribution is 2.22. The number of amides is 1. The number of hydrogen-bond acceptors (Lipinski definition) is 7. The van der Waals surface area contributed by atoms with Crippen molar-refractivity contribution in [3.8, 4) is 0 Å². The monoisotopic (exact) mass is 445 g/mol. The standard InChI is InChI=1S/C19H15N3O6S2/c1-27-17(23)10-22-13-7-6-12(30(20,25)26)9-16(13)29-19(22)21-18(24)15-8-11-4-2-3-5-14(11)28-15/h2-9H,10H2,1H3,(H2,20,25,26). The highest BCUT2D eigenvalue weighted by molar-refractivity contribution is 7.89. The van der Waals surface area contributed by atoms with Gasteiger partial charge in [-0.1, -0.05) is 29.5 Å². The lowest BCUT2D eigenvalue weighted by Gasteiger charge is -2.04. The summed E-state index contributed by atoms with van der Waals surface area (Å²) in [5.74, 6) is -1.14. The molecule has 2 N–H and O–H groups in total. The second-order valence-electron chi connectivity index (χ2n) is 6.29. The number of primary sulfonamides is 1. The molecule has 2 heterocycles. The van der Waals surface area contributed by atoms with Crippen LogP contribution < -0.4 is 9.94 Å². The van der Waals surface area contributed by atoms with Gasteiger partial charge in [-0.2, -0.15) is 4.99 Å². The summed E-state index contributed by atoms with van der Waals surface area (Å²) in [5, 5.41) is 5.95. The quantitative estimate of drug-likeness (QED) is 0.478. The maximum absolute atomic E-state index is 12.7. The molecular formula is C19H15N3O6S2. The molecule has 0 atom stereocenters. The van der Waals surface area contributed by atoms with Crippen molar-refractivity contribution >= 4 is 54.4 Å². The van der Waals surface area contributed by atoms with E-state index >= 15 is 0 Å². The van der Waals surface area contributed by atoms with Crippen LogP contribution in [0, 0.1) is 0 Å². The molecule has 0 fully saturated rings. The van der Waals surface area contributed by atoms with Gasteiger partial charge < -0.3 is 13.7 Å². The average molecular weight is 445 g/mol. The Bertz CT molecular complexity index is 1440. The van der Waals surface area contributed by atoms with Gasteiger partial charge in [0.25, 0.3) is 0 Å². The number of carbonyl (C=O) groups is 2. The van der Waals surface area contributed by atoms with E-state index in [2.05, 4.69) is 4.99 Å². The van der Waals surface area contributed by atoms with Gasteiger partial charge in [0.1, 0.15) is 12.1 Å². The molecule has 0 aliphatic rings. The molecule has 0 radical (unpaired) electrons. The normalized spacial score (nSPS) is 12.5. The molecular weight excluding hydrogens is 430 g/mol. The van der Waals surface area contributed by atoms with Crippen LogP contribution in [0.4, 0.5) is 0 Å². The Morgan fingerprint density at radius 2 is 1.97 bits per heavy atom. The van der Waals surface area contributed by atoms with Crippen molar-refractivity contribution in [1.82, 2.24) is 4.57 Å². The Morgan fingerprint density at radius 1 is 1.20 bits per heavy atom. The van der Waals surface area contributed by atoms with Gasteiger partial charge in [-0.25, -0.2) is 13.6 Å². The van der Waals surface area contributed by atoms with Crippen LogP contribution in [-0.4, -0.2) is 32.0 Å². The minimum Gasteiger partial charge on any atom is -0.468 e. The summed E-state index contributed by atoms with van der Waals surface area (Å²) in [6.45, 7) is -0.211. The zero-order valence-electron chi connectivity index (χ0n) is 15.6. The lowest BCUT2D eigenvalue weighted by molar-refractivity contribution is -0.141. The van der Waals surface area contributed by atoms with Gasteiger partial charge in [0.2, 0.25) is 10.0 Å². The van der Waals surface area contributed by atoms with Crippen molar-refractivity contribution in [2.24, 2.45) is 10.1 Å². The molecule has 0 aliphatic heterocycles. The first-order valence-corrected chi connectivity index (χ1v) is 10.9. The molecule has 0 bridgehead atoms. The smallest absolute Gasteiger partial charge is 0.325 e. The number of para-hydroxylation sites is 1. The fraction of sp³-hybridized carbons (Fsp3) is 0.105. The Kier molecular flexibility index (Phi) is 5.02. The Balaban J connectivity index is 1.87. The van der Waals surface area contributed by atoms with Crippen molar-refractivity contribution in [3.63, 3.8) is 0 Å². The van der Waals surface area contributed by atoms with Gasteiger partial charge in [-0.05, 0) is 30.3 Å². The summed E-state index contributed by atoms with van der Waals surface area (Å²) in [5.41, 5.74) is 1.06. The van der Waals surface area contributed by atoms with Crippen LogP contribution in [0.15, 0.2) is 62.8 Å². The van der Waals surface area contributed by atoms with Crippen molar-refractivity contribution in [3.05, 3.63) is 59.1 Å². The van der Waals surface area contributed by atoms with E-state index in [4.69, 9.17) is 14.3 Å². The van der Waals surface area contributed by atoms with E-state index in [1.165, 1.54) is 29.9 Å². The predicted molar refractivity (Wildman–Crippen MR) is 109 cm³/mol. The van der Waals surface area contributed by atoms with E-state index in [0.29, 0.717) is 15.8 Å². The number of carbonyl (C=O) groups excluding carboxylic acids is 2. The average Bonchev–Trinajstić information content (AvgIpc) is 3.28. The molecule has 4 rings (SSSR count). The summed E-state index contributed by atoms with van der Waals surface area (Å²) in [4.78, 5) is 28.8. The second kappa shape index (κ2) is 7.52. The van der Waals surface area contributed by atoms with Crippen LogP contribution in [0.25, 0.3) is 21.2 Å². The first kappa shape index (κ1) is 20.0. The zero-order chi connectivity index (χ0) is 21.5. The molecule has 1 amide bonds. The first-order chi connectivity index (χ1) is 14.3. The minimum atomic E-state index is -3.91.